The second-order valence-corrected chi connectivity index (χ2v) is 6.00. The van der Waals surface area contributed by atoms with Crippen LogP contribution in [0, 0.1) is 0 Å². The van der Waals surface area contributed by atoms with E-state index in [9.17, 15) is 4.79 Å². The number of aryl methyl sites for hydroxylation is 1. The number of carbonyl (C=O) groups is 1. The molecule has 22 heavy (non-hydrogen) atoms. The fraction of sp³-hybridized carbons (Fsp3) is 0.176. The number of Topliss-reactive ketones (excluding diaryl/α,β-unsaturated/α-hetero) is 1. The largest absolute Gasteiger partial charge is 0.313 e. The lowest BCUT2D eigenvalue weighted by molar-refractivity contribution is 0.0971. The van der Waals surface area contributed by atoms with Gasteiger partial charge in [-0.15, -0.1) is 0 Å². The Kier molecular flexibility index (Phi) is 3.98. The number of para-hydroxylation sites is 2. The van der Waals surface area contributed by atoms with Crippen LogP contribution in [0.1, 0.15) is 10.4 Å². The van der Waals surface area contributed by atoms with E-state index in [-0.39, 0.29) is 12.3 Å². The Bertz CT molecular complexity index is 904. The number of hydrogen-bond donors (Lipinski definition) is 0. The monoisotopic (exact) mass is 357 g/mol. The Balaban J connectivity index is 2.07. The number of aromatic nitrogens is 2. The number of rotatable bonds is 3. The Morgan fingerprint density at radius 2 is 1.73 bits per heavy atom. The highest BCUT2D eigenvalue weighted by Gasteiger charge is 2.13. The van der Waals surface area contributed by atoms with E-state index < -0.39 is 0 Å². The molecule has 0 fully saturated rings. The molecule has 0 amide bonds. The van der Waals surface area contributed by atoms with E-state index in [0.29, 0.717) is 5.56 Å². The van der Waals surface area contributed by atoms with Crippen LogP contribution < -0.4 is 5.62 Å². The van der Waals surface area contributed by atoms with Crippen LogP contribution in [0.4, 0.5) is 0 Å². The number of fused-ring (bicyclic) bond motifs is 1. The molecule has 3 rings (SSSR count). The van der Waals surface area contributed by atoms with Gasteiger partial charge in [0.05, 0.1) is 17.6 Å². The Morgan fingerprint density at radius 1 is 1.09 bits per heavy atom. The van der Waals surface area contributed by atoms with Gasteiger partial charge in [-0.05, 0) is 24.3 Å². The number of ketones is 1. The maximum atomic E-state index is 12.6. The minimum atomic E-state index is 0.0683. The van der Waals surface area contributed by atoms with Crippen molar-refractivity contribution in [1.29, 1.82) is 0 Å². The third kappa shape index (κ3) is 2.52. The summed E-state index contributed by atoms with van der Waals surface area (Å²) in [5.74, 6) is 0.0683. The standard InChI is InChI=1S/C17H16BrN3O/c1-19-17-20(2)14-5-3-4-6-15(14)21(17)11-16(22)12-7-9-13(18)10-8-12/h3-10H,11H2,1-2H3. The van der Waals surface area contributed by atoms with E-state index in [1.165, 1.54) is 0 Å². The molecule has 0 saturated heterocycles. The molecule has 2 aromatic carbocycles. The van der Waals surface area contributed by atoms with Gasteiger partial charge in [0, 0.05) is 24.1 Å². The molecule has 1 heterocycles. The average Bonchev–Trinajstić information content (AvgIpc) is 2.80. The van der Waals surface area contributed by atoms with Gasteiger partial charge in [0.15, 0.2) is 5.78 Å². The summed E-state index contributed by atoms with van der Waals surface area (Å²) in [5.41, 5.74) is 3.56. The summed E-state index contributed by atoms with van der Waals surface area (Å²) < 4.78 is 4.93. The summed E-state index contributed by atoms with van der Waals surface area (Å²) in [6, 6.07) is 15.4. The number of imidazole rings is 1. The van der Waals surface area contributed by atoms with Crippen molar-refractivity contribution in [1.82, 2.24) is 9.13 Å². The summed E-state index contributed by atoms with van der Waals surface area (Å²) >= 11 is 3.39. The molecule has 0 N–H and O–H groups in total. The van der Waals surface area contributed by atoms with Crippen molar-refractivity contribution in [2.75, 3.05) is 7.05 Å². The topological polar surface area (TPSA) is 39.3 Å². The first kappa shape index (κ1) is 14.8. The molecule has 0 bridgehead atoms. The van der Waals surface area contributed by atoms with Crippen molar-refractivity contribution in [3.05, 3.63) is 64.2 Å². The van der Waals surface area contributed by atoms with Crippen LogP contribution in [-0.4, -0.2) is 22.0 Å². The third-order valence-electron chi connectivity index (χ3n) is 3.74. The molecule has 3 aromatic rings. The first-order valence-corrected chi connectivity index (χ1v) is 7.77. The Morgan fingerprint density at radius 3 is 2.36 bits per heavy atom. The Hall–Kier alpha value is -2.14. The van der Waals surface area contributed by atoms with Gasteiger partial charge in [0.1, 0.15) is 0 Å². The maximum absolute atomic E-state index is 12.6. The van der Waals surface area contributed by atoms with Gasteiger partial charge >= 0.3 is 0 Å². The molecule has 0 radical (unpaired) electrons. The van der Waals surface area contributed by atoms with Gasteiger partial charge in [0.2, 0.25) is 5.62 Å². The quantitative estimate of drug-likeness (QED) is 0.663. The molecule has 0 saturated carbocycles. The van der Waals surface area contributed by atoms with Crippen molar-refractivity contribution >= 4 is 32.7 Å². The predicted molar refractivity (Wildman–Crippen MR) is 90.9 cm³/mol. The summed E-state index contributed by atoms with van der Waals surface area (Å²) in [4.78, 5) is 16.9. The molecule has 0 spiro atoms. The number of carbonyl (C=O) groups excluding carboxylic acids is 1. The SMILES string of the molecule is CN=c1n(C)c2ccccc2n1CC(=O)c1ccc(Br)cc1. The molecule has 112 valence electrons. The van der Waals surface area contributed by atoms with Crippen LogP contribution in [-0.2, 0) is 13.6 Å². The summed E-state index contributed by atoms with van der Waals surface area (Å²) in [7, 11) is 3.71. The van der Waals surface area contributed by atoms with Crippen LogP contribution in [0.15, 0.2) is 58.0 Å². The van der Waals surface area contributed by atoms with E-state index >= 15 is 0 Å². The van der Waals surface area contributed by atoms with E-state index in [0.717, 1.165) is 21.1 Å². The molecule has 0 aliphatic carbocycles. The van der Waals surface area contributed by atoms with Gasteiger partial charge in [-0.1, -0.05) is 40.2 Å². The molecule has 0 unspecified atom stereocenters. The molecular weight excluding hydrogens is 342 g/mol. The van der Waals surface area contributed by atoms with Crippen molar-refractivity contribution in [2.45, 2.75) is 6.54 Å². The molecule has 0 aliphatic rings. The molecule has 1 aromatic heterocycles. The zero-order valence-corrected chi connectivity index (χ0v) is 14.0. The van der Waals surface area contributed by atoms with Crippen LogP contribution in [0.2, 0.25) is 0 Å². The second-order valence-electron chi connectivity index (χ2n) is 5.09. The highest BCUT2D eigenvalue weighted by Crippen LogP contribution is 2.14. The molecule has 0 atom stereocenters. The minimum absolute atomic E-state index is 0.0683. The summed E-state index contributed by atoms with van der Waals surface area (Å²) in [6.07, 6.45) is 0. The number of hydrogen-bond acceptors (Lipinski definition) is 2. The van der Waals surface area contributed by atoms with Crippen molar-refractivity contribution in [3.63, 3.8) is 0 Å². The van der Waals surface area contributed by atoms with Crippen LogP contribution >= 0.6 is 15.9 Å². The second kappa shape index (κ2) is 5.93. The third-order valence-corrected chi connectivity index (χ3v) is 4.27. The first-order valence-electron chi connectivity index (χ1n) is 6.97. The lowest BCUT2D eigenvalue weighted by Crippen LogP contribution is -2.27. The van der Waals surface area contributed by atoms with Crippen molar-refractivity contribution in [2.24, 2.45) is 12.0 Å². The highest BCUT2D eigenvalue weighted by atomic mass is 79.9. The Labute approximate surface area is 136 Å². The van der Waals surface area contributed by atoms with Gasteiger partial charge in [-0.2, -0.15) is 0 Å². The summed E-state index contributed by atoms with van der Waals surface area (Å²) in [6.45, 7) is 0.273. The molecular formula is C17H16BrN3O. The van der Waals surface area contributed by atoms with Crippen molar-refractivity contribution < 1.29 is 4.79 Å². The van der Waals surface area contributed by atoms with Gasteiger partial charge in [-0.3, -0.25) is 9.79 Å². The average molecular weight is 358 g/mol. The van der Waals surface area contributed by atoms with Crippen molar-refractivity contribution in [3.8, 4) is 0 Å². The van der Waals surface area contributed by atoms with Crippen LogP contribution in [0.3, 0.4) is 0 Å². The van der Waals surface area contributed by atoms with Gasteiger partial charge < -0.3 is 9.13 Å². The molecule has 5 heteroatoms. The fourth-order valence-electron chi connectivity index (χ4n) is 2.67. The van der Waals surface area contributed by atoms with Crippen LogP contribution in [0.25, 0.3) is 11.0 Å². The zero-order valence-electron chi connectivity index (χ0n) is 12.5. The maximum Gasteiger partial charge on any atom is 0.205 e. The highest BCUT2D eigenvalue weighted by molar-refractivity contribution is 9.10. The van der Waals surface area contributed by atoms with E-state index in [4.69, 9.17) is 0 Å². The lowest BCUT2D eigenvalue weighted by atomic mass is 10.1. The number of benzene rings is 2. The fourth-order valence-corrected chi connectivity index (χ4v) is 2.93. The number of halogens is 1. The van der Waals surface area contributed by atoms with Gasteiger partial charge in [0.25, 0.3) is 0 Å². The van der Waals surface area contributed by atoms with Crippen LogP contribution in [0.5, 0.6) is 0 Å². The summed E-state index contributed by atoms with van der Waals surface area (Å²) in [5, 5.41) is 0. The number of nitrogens with zero attached hydrogens (tertiary/aromatic N) is 3. The van der Waals surface area contributed by atoms with E-state index in [1.54, 1.807) is 7.05 Å². The van der Waals surface area contributed by atoms with Gasteiger partial charge in [-0.25, -0.2) is 0 Å². The smallest absolute Gasteiger partial charge is 0.205 e. The molecule has 0 aliphatic heterocycles. The minimum Gasteiger partial charge on any atom is -0.313 e. The van der Waals surface area contributed by atoms with E-state index in [1.807, 2.05) is 64.7 Å². The van der Waals surface area contributed by atoms with E-state index in [2.05, 4.69) is 20.9 Å². The first-order chi connectivity index (χ1) is 10.6. The molecule has 4 nitrogen and oxygen atoms in total. The normalized spacial score (nSPS) is 12.0. The lowest BCUT2D eigenvalue weighted by Gasteiger charge is -2.05. The predicted octanol–water partition coefficient (Wildman–Crippen LogP) is 3.16. The zero-order chi connectivity index (χ0) is 15.7.